The molecular formula is C16H20N4O2. The quantitative estimate of drug-likeness (QED) is 0.855. The average Bonchev–Trinajstić information content (AvgIpc) is 2.53. The molecule has 0 spiro atoms. The van der Waals surface area contributed by atoms with Crippen molar-refractivity contribution in [3.63, 3.8) is 0 Å². The van der Waals surface area contributed by atoms with E-state index in [9.17, 15) is 4.79 Å². The lowest BCUT2D eigenvalue weighted by Crippen LogP contribution is -2.24. The third-order valence-electron chi connectivity index (χ3n) is 2.93. The third kappa shape index (κ3) is 4.44. The number of aromatic nitrogens is 2. The van der Waals surface area contributed by atoms with Crippen LogP contribution >= 0.6 is 0 Å². The fourth-order valence-corrected chi connectivity index (χ4v) is 1.83. The highest BCUT2D eigenvalue weighted by Crippen LogP contribution is 2.11. The normalized spacial score (nSPS) is 10.4. The van der Waals surface area contributed by atoms with E-state index in [1.807, 2.05) is 38.1 Å². The summed E-state index contributed by atoms with van der Waals surface area (Å²) in [7, 11) is 1.62. The van der Waals surface area contributed by atoms with E-state index in [4.69, 9.17) is 4.74 Å². The van der Waals surface area contributed by atoms with Crippen LogP contribution in [0.25, 0.3) is 0 Å². The molecule has 0 unspecified atom stereocenters. The first-order chi connectivity index (χ1) is 10.6. The summed E-state index contributed by atoms with van der Waals surface area (Å²) in [6, 6.07) is 7.78. The van der Waals surface area contributed by atoms with E-state index in [1.54, 1.807) is 13.3 Å². The van der Waals surface area contributed by atoms with Crippen LogP contribution in [0.3, 0.4) is 0 Å². The molecule has 0 saturated heterocycles. The van der Waals surface area contributed by atoms with Gasteiger partial charge >= 0.3 is 0 Å². The number of nitrogens with one attached hydrogen (secondary N) is 2. The maximum Gasteiger partial charge on any atom is 0.271 e. The summed E-state index contributed by atoms with van der Waals surface area (Å²) >= 11 is 0. The van der Waals surface area contributed by atoms with Crippen LogP contribution in [0.15, 0.2) is 36.7 Å². The molecule has 0 fully saturated rings. The summed E-state index contributed by atoms with van der Waals surface area (Å²) < 4.78 is 5.09. The van der Waals surface area contributed by atoms with Gasteiger partial charge in [0.05, 0.1) is 19.5 Å². The van der Waals surface area contributed by atoms with Crippen molar-refractivity contribution in [3.05, 3.63) is 47.9 Å². The van der Waals surface area contributed by atoms with Gasteiger partial charge in [-0.2, -0.15) is 0 Å². The van der Waals surface area contributed by atoms with Crippen LogP contribution in [0.1, 0.15) is 29.9 Å². The Kier molecular flexibility index (Phi) is 5.30. The summed E-state index contributed by atoms with van der Waals surface area (Å²) in [5.41, 5.74) is 1.28. The number of hydrogen-bond acceptors (Lipinski definition) is 5. The van der Waals surface area contributed by atoms with Crippen LogP contribution in [-0.2, 0) is 6.54 Å². The zero-order valence-corrected chi connectivity index (χ0v) is 13.0. The summed E-state index contributed by atoms with van der Waals surface area (Å²) in [6.45, 7) is 4.45. The maximum atomic E-state index is 12.0. The van der Waals surface area contributed by atoms with Gasteiger partial charge in [-0.25, -0.2) is 9.97 Å². The largest absolute Gasteiger partial charge is 0.497 e. The summed E-state index contributed by atoms with van der Waals surface area (Å²) in [6.07, 6.45) is 3.02. The molecule has 2 N–H and O–H groups in total. The Balaban J connectivity index is 1.91. The zero-order valence-electron chi connectivity index (χ0n) is 13.0. The van der Waals surface area contributed by atoms with Crippen molar-refractivity contribution in [1.29, 1.82) is 0 Å². The second kappa shape index (κ2) is 7.40. The molecule has 0 saturated carbocycles. The van der Waals surface area contributed by atoms with Gasteiger partial charge < -0.3 is 15.4 Å². The summed E-state index contributed by atoms with van der Waals surface area (Å²) in [4.78, 5) is 20.3. The Bertz CT molecular complexity index is 609. The standard InChI is InChI=1S/C16H20N4O2/c1-11(2)20-15-10-17-14(9-18-15)16(21)19-8-12-4-6-13(22-3)7-5-12/h4-7,9-11H,8H2,1-3H3,(H,18,20)(H,19,21). The Labute approximate surface area is 129 Å². The summed E-state index contributed by atoms with van der Waals surface area (Å²) in [5, 5.41) is 5.93. The number of hydrogen-bond donors (Lipinski definition) is 2. The van der Waals surface area contributed by atoms with Crippen LogP contribution in [-0.4, -0.2) is 29.0 Å². The van der Waals surface area contributed by atoms with Gasteiger partial charge in [0.15, 0.2) is 0 Å². The van der Waals surface area contributed by atoms with E-state index < -0.39 is 0 Å². The zero-order chi connectivity index (χ0) is 15.9. The number of benzene rings is 1. The van der Waals surface area contributed by atoms with Crippen molar-refractivity contribution < 1.29 is 9.53 Å². The molecule has 116 valence electrons. The van der Waals surface area contributed by atoms with Crippen molar-refractivity contribution in [2.45, 2.75) is 26.4 Å². The van der Waals surface area contributed by atoms with Crippen molar-refractivity contribution in [3.8, 4) is 5.75 Å². The molecule has 0 bridgehead atoms. The van der Waals surface area contributed by atoms with E-state index in [-0.39, 0.29) is 11.9 Å². The van der Waals surface area contributed by atoms with Gasteiger partial charge in [-0.05, 0) is 31.5 Å². The van der Waals surface area contributed by atoms with Crippen LogP contribution in [0, 0.1) is 0 Å². The summed E-state index contributed by atoms with van der Waals surface area (Å²) in [5.74, 6) is 1.19. The monoisotopic (exact) mass is 300 g/mol. The lowest BCUT2D eigenvalue weighted by Gasteiger charge is -2.09. The first-order valence-corrected chi connectivity index (χ1v) is 7.08. The van der Waals surface area contributed by atoms with Crippen molar-refractivity contribution in [2.24, 2.45) is 0 Å². The number of rotatable bonds is 6. The molecule has 0 radical (unpaired) electrons. The van der Waals surface area contributed by atoms with Gasteiger partial charge in [-0.3, -0.25) is 4.79 Å². The predicted octanol–water partition coefficient (Wildman–Crippen LogP) is 2.24. The second-order valence-corrected chi connectivity index (χ2v) is 5.12. The fraction of sp³-hybridized carbons (Fsp3) is 0.312. The third-order valence-corrected chi connectivity index (χ3v) is 2.93. The van der Waals surface area contributed by atoms with E-state index in [2.05, 4.69) is 20.6 Å². The molecule has 6 heteroatoms. The van der Waals surface area contributed by atoms with Crippen LogP contribution in [0.2, 0.25) is 0 Å². The van der Waals surface area contributed by atoms with E-state index in [0.29, 0.717) is 18.1 Å². The van der Waals surface area contributed by atoms with Gasteiger partial charge in [-0.1, -0.05) is 12.1 Å². The molecular weight excluding hydrogens is 280 g/mol. The minimum Gasteiger partial charge on any atom is -0.497 e. The van der Waals surface area contributed by atoms with Crippen LogP contribution in [0.5, 0.6) is 5.75 Å². The number of anilines is 1. The molecule has 1 heterocycles. The molecule has 1 aromatic heterocycles. The molecule has 22 heavy (non-hydrogen) atoms. The molecule has 0 aliphatic heterocycles. The Morgan fingerprint density at radius 3 is 2.45 bits per heavy atom. The van der Waals surface area contributed by atoms with Crippen molar-refractivity contribution >= 4 is 11.7 Å². The minimum atomic E-state index is -0.251. The first-order valence-electron chi connectivity index (χ1n) is 7.08. The van der Waals surface area contributed by atoms with Gasteiger partial charge in [0, 0.05) is 12.6 Å². The number of ether oxygens (including phenoxy) is 1. The van der Waals surface area contributed by atoms with Gasteiger partial charge in [0.25, 0.3) is 5.91 Å². The molecule has 6 nitrogen and oxygen atoms in total. The number of nitrogens with zero attached hydrogens (tertiary/aromatic N) is 2. The number of amides is 1. The van der Waals surface area contributed by atoms with Gasteiger partial charge in [-0.15, -0.1) is 0 Å². The van der Waals surface area contributed by atoms with E-state index in [1.165, 1.54) is 6.20 Å². The number of carbonyl (C=O) groups excluding carboxylic acids is 1. The average molecular weight is 300 g/mol. The highest BCUT2D eigenvalue weighted by atomic mass is 16.5. The Morgan fingerprint density at radius 2 is 1.91 bits per heavy atom. The van der Waals surface area contributed by atoms with E-state index in [0.717, 1.165) is 11.3 Å². The fourth-order valence-electron chi connectivity index (χ4n) is 1.83. The van der Waals surface area contributed by atoms with Gasteiger partial charge in [0.1, 0.15) is 17.3 Å². The molecule has 1 aromatic carbocycles. The first kappa shape index (κ1) is 15.8. The second-order valence-electron chi connectivity index (χ2n) is 5.12. The Morgan fingerprint density at radius 1 is 1.18 bits per heavy atom. The number of carbonyl (C=O) groups is 1. The van der Waals surface area contributed by atoms with Gasteiger partial charge in [0.2, 0.25) is 0 Å². The van der Waals surface area contributed by atoms with Crippen LogP contribution in [0.4, 0.5) is 5.82 Å². The predicted molar refractivity (Wildman–Crippen MR) is 85.0 cm³/mol. The van der Waals surface area contributed by atoms with Crippen molar-refractivity contribution in [2.75, 3.05) is 12.4 Å². The molecule has 0 aliphatic rings. The maximum absolute atomic E-state index is 12.0. The molecule has 0 atom stereocenters. The van der Waals surface area contributed by atoms with Crippen molar-refractivity contribution in [1.82, 2.24) is 15.3 Å². The molecule has 0 aliphatic carbocycles. The number of methoxy groups -OCH3 is 1. The lowest BCUT2D eigenvalue weighted by molar-refractivity contribution is 0.0945. The van der Waals surface area contributed by atoms with Crippen LogP contribution < -0.4 is 15.4 Å². The molecule has 2 aromatic rings. The lowest BCUT2D eigenvalue weighted by atomic mass is 10.2. The smallest absolute Gasteiger partial charge is 0.271 e. The SMILES string of the molecule is COc1ccc(CNC(=O)c2cnc(NC(C)C)cn2)cc1. The minimum absolute atomic E-state index is 0.251. The molecule has 2 rings (SSSR count). The Hall–Kier alpha value is -2.63. The molecule has 1 amide bonds. The topological polar surface area (TPSA) is 76.1 Å². The highest BCUT2D eigenvalue weighted by Gasteiger charge is 2.08. The highest BCUT2D eigenvalue weighted by molar-refractivity contribution is 5.91. The van der Waals surface area contributed by atoms with E-state index >= 15 is 0 Å².